The van der Waals surface area contributed by atoms with Gasteiger partial charge in [0.2, 0.25) is 0 Å². The van der Waals surface area contributed by atoms with Crippen LogP contribution in [0.3, 0.4) is 0 Å². The van der Waals surface area contributed by atoms with E-state index in [1.54, 1.807) is 20.8 Å². The molecule has 16 heavy (non-hydrogen) atoms. The molecule has 0 aliphatic rings. The van der Waals surface area contributed by atoms with Gasteiger partial charge >= 0.3 is 11.9 Å². The lowest BCUT2D eigenvalue weighted by Gasteiger charge is -2.30. The molecule has 0 bridgehead atoms. The van der Waals surface area contributed by atoms with Crippen molar-refractivity contribution in [3.63, 3.8) is 0 Å². The number of carboxylic acid groups (broad SMARTS) is 1. The van der Waals surface area contributed by atoms with E-state index in [2.05, 4.69) is 0 Å². The lowest BCUT2D eigenvalue weighted by molar-refractivity contribution is -0.167. The second-order valence-electron chi connectivity index (χ2n) is 6.05. The van der Waals surface area contributed by atoms with E-state index >= 15 is 0 Å². The predicted octanol–water partition coefficient (Wildman–Crippen LogP) is 2.47. The minimum atomic E-state index is -0.981. The molecule has 0 saturated heterocycles. The molecule has 4 nitrogen and oxygen atoms in total. The number of esters is 1. The molecule has 0 heterocycles. The van der Waals surface area contributed by atoms with Gasteiger partial charge in [-0.3, -0.25) is 9.59 Å². The Balaban J connectivity index is 4.78. The summed E-state index contributed by atoms with van der Waals surface area (Å²) in [5, 5.41) is 8.79. The molecule has 0 aromatic rings. The second kappa shape index (κ2) is 4.85. The summed E-state index contributed by atoms with van der Waals surface area (Å²) in [7, 11) is 0. The zero-order chi connectivity index (χ0) is 13.1. The first-order valence-electron chi connectivity index (χ1n) is 5.38. The van der Waals surface area contributed by atoms with Crippen LogP contribution in [0.1, 0.15) is 48.0 Å². The summed E-state index contributed by atoms with van der Waals surface area (Å²) in [6, 6.07) is 0. The highest BCUT2D eigenvalue weighted by Gasteiger charge is 2.36. The van der Waals surface area contributed by atoms with Gasteiger partial charge < -0.3 is 9.84 Å². The van der Waals surface area contributed by atoms with Crippen molar-refractivity contribution in [3.05, 3.63) is 0 Å². The van der Waals surface area contributed by atoms with Crippen LogP contribution < -0.4 is 0 Å². The van der Waals surface area contributed by atoms with Crippen LogP contribution in [-0.2, 0) is 14.3 Å². The molecule has 4 heteroatoms. The van der Waals surface area contributed by atoms with Gasteiger partial charge in [-0.1, -0.05) is 20.8 Å². The van der Waals surface area contributed by atoms with Gasteiger partial charge in [0.1, 0.15) is 5.60 Å². The SMILES string of the molecule is CC(C)(C)OC(=O)C(CC(=O)O)C(C)(C)C. The van der Waals surface area contributed by atoms with Crippen LogP contribution >= 0.6 is 0 Å². The van der Waals surface area contributed by atoms with E-state index in [0.717, 1.165) is 0 Å². The van der Waals surface area contributed by atoms with Crippen molar-refractivity contribution in [2.45, 2.75) is 53.6 Å². The Kier molecular flexibility index (Phi) is 4.53. The Morgan fingerprint density at radius 1 is 1.12 bits per heavy atom. The van der Waals surface area contributed by atoms with E-state index < -0.39 is 28.9 Å². The highest BCUT2D eigenvalue weighted by Crippen LogP contribution is 2.31. The molecule has 1 N–H and O–H groups in total. The molecule has 0 rings (SSSR count). The minimum absolute atomic E-state index is 0.196. The van der Waals surface area contributed by atoms with Crippen LogP contribution in [0.25, 0.3) is 0 Å². The number of carbonyl (C=O) groups excluding carboxylic acids is 1. The summed E-state index contributed by atoms with van der Waals surface area (Å²) in [6.45, 7) is 10.8. The monoisotopic (exact) mass is 230 g/mol. The standard InChI is InChI=1S/C12H22O4/c1-11(2,3)8(7-9(13)14)10(15)16-12(4,5)6/h8H,7H2,1-6H3,(H,13,14). The van der Waals surface area contributed by atoms with Gasteiger partial charge in [-0.25, -0.2) is 0 Å². The Morgan fingerprint density at radius 2 is 1.56 bits per heavy atom. The van der Waals surface area contributed by atoms with Crippen LogP contribution in [0.5, 0.6) is 0 Å². The third kappa shape index (κ3) is 5.73. The van der Waals surface area contributed by atoms with Crippen molar-refractivity contribution in [2.75, 3.05) is 0 Å². The second-order valence-corrected chi connectivity index (χ2v) is 6.05. The first-order valence-corrected chi connectivity index (χ1v) is 5.38. The largest absolute Gasteiger partial charge is 0.481 e. The maximum Gasteiger partial charge on any atom is 0.310 e. The number of aliphatic carboxylic acids is 1. The molecule has 0 saturated carbocycles. The van der Waals surface area contributed by atoms with Crippen LogP contribution in [0.2, 0.25) is 0 Å². The highest BCUT2D eigenvalue weighted by atomic mass is 16.6. The summed E-state index contributed by atoms with van der Waals surface area (Å²) in [6.07, 6.45) is -0.196. The quantitative estimate of drug-likeness (QED) is 0.756. The summed E-state index contributed by atoms with van der Waals surface area (Å²) >= 11 is 0. The van der Waals surface area contributed by atoms with Crippen molar-refractivity contribution >= 4 is 11.9 Å². The molecule has 1 atom stereocenters. The topological polar surface area (TPSA) is 63.6 Å². The first kappa shape index (κ1) is 14.9. The maximum absolute atomic E-state index is 11.9. The molecular weight excluding hydrogens is 208 g/mol. The van der Waals surface area contributed by atoms with Gasteiger partial charge in [0, 0.05) is 0 Å². The summed E-state index contributed by atoms with van der Waals surface area (Å²) in [5.74, 6) is -2.04. The Labute approximate surface area is 97.0 Å². The molecule has 0 radical (unpaired) electrons. The number of hydrogen-bond donors (Lipinski definition) is 1. The van der Waals surface area contributed by atoms with Crippen molar-refractivity contribution in [3.8, 4) is 0 Å². The minimum Gasteiger partial charge on any atom is -0.481 e. The van der Waals surface area contributed by atoms with Crippen LogP contribution in [-0.4, -0.2) is 22.6 Å². The fraction of sp³-hybridized carbons (Fsp3) is 0.833. The summed E-state index contributed by atoms with van der Waals surface area (Å²) in [5.41, 5.74) is -1.00. The van der Waals surface area contributed by atoms with Crippen molar-refractivity contribution in [1.29, 1.82) is 0 Å². The van der Waals surface area contributed by atoms with E-state index in [-0.39, 0.29) is 6.42 Å². The molecule has 1 unspecified atom stereocenters. The summed E-state index contributed by atoms with van der Waals surface area (Å²) in [4.78, 5) is 22.6. The third-order valence-corrected chi connectivity index (χ3v) is 2.12. The Bertz CT molecular complexity index is 268. The zero-order valence-electron chi connectivity index (χ0n) is 11.0. The number of carbonyl (C=O) groups is 2. The number of rotatable bonds is 3. The van der Waals surface area contributed by atoms with Gasteiger partial charge in [0.05, 0.1) is 12.3 Å². The summed E-state index contributed by atoms with van der Waals surface area (Å²) < 4.78 is 5.22. The predicted molar refractivity (Wildman–Crippen MR) is 61.0 cm³/mol. The third-order valence-electron chi connectivity index (χ3n) is 2.12. The molecule has 0 aliphatic carbocycles. The molecule has 0 spiro atoms. The van der Waals surface area contributed by atoms with Gasteiger partial charge in [-0.15, -0.1) is 0 Å². The smallest absolute Gasteiger partial charge is 0.310 e. The van der Waals surface area contributed by atoms with Crippen molar-refractivity contribution < 1.29 is 19.4 Å². The maximum atomic E-state index is 11.9. The molecule has 0 aliphatic heterocycles. The lowest BCUT2D eigenvalue weighted by Crippen LogP contribution is -2.36. The van der Waals surface area contributed by atoms with Gasteiger partial charge in [0.15, 0.2) is 0 Å². The van der Waals surface area contributed by atoms with E-state index in [0.29, 0.717) is 0 Å². The lowest BCUT2D eigenvalue weighted by atomic mass is 9.78. The zero-order valence-corrected chi connectivity index (χ0v) is 11.0. The fourth-order valence-electron chi connectivity index (χ4n) is 1.29. The van der Waals surface area contributed by atoms with Gasteiger partial charge in [0.25, 0.3) is 0 Å². The van der Waals surface area contributed by atoms with E-state index in [1.807, 2.05) is 20.8 Å². The normalized spacial score (nSPS) is 14.4. The highest BCUT2D eigenvalue weighted by molar-refractivity contribution is 5.80. The van der Waals surface area contributed by atoms with Gasteiger partial charge in [-0.05, 0) is 26.2 Å². The number of hydrogen-bond acceptors (Lipinski definition) is 3. The average molecular weight is 230 g/mol. The number of ether oxygens (including phenoxy) is 1. The van der Waals surface area contributed by atoms with Crippen molar-refractivity contribution in [1.82, 2.24) is 0 Å². The Morgan fingerprint density at radius 3 is 1.81 bits per heavy atom. The van der Waals surface area contributed by atoms with Crippen LogP contribution in [0, 0.1) is 11.3 Å². The number of carboxylic acids is 1. The van der Waals surface area contributed by atoms with E-state index in [1.165, 1.54) is 0 Å². The van der Waals surface area contributed by atoms with E-state index in [4.69, 9.17) is 9.84 Å². The van der Waals surface area contributed by atoms with Crippen LogP contribution in [0.15, 0.2) is 0 Å². The molecular formula is C12H22O4. The molecule has 0 amide bonds. The van der Waals surface area contributed by atoms with Gasteiger partial charge in [-0.2, -0.15) is 0 Å². The Hall–Kier alpha value is -1.06. The van der Waals surface area contributed by atoms with Crippen LogP contribution in [0.4, 0.5) is 0 Å². The molecule has 0 fully saturated rings. The molecule has 0 aromatic heterocycles. The first-order chi connectivity index (χ1) is 6.93. The molecule has 0 aromatic carbocycles. The van der Waals surface area contributed by atoms with E-state index in [9.17, 15) is 9.59 Å². The average Bonchev–Trinajstić information content (AvgIpc) is 1.93. The molecule has 94 valence electrons. The fourth-order valence-corrected chi connectivity index (χ4v) is 1.29. The van der Waals surface area contributed by atoms with Crippen molar-refractivity contribution in [2.24, 2.45) is 11.3 Å².